The highest BCUT2D eigenvalue weighted by molar-refractivity contribution is 5.74. The summed E-state index contributed by atoms with van der Waals surface area (Å²) in [6.07, 6.45) is 0.122. The topological polar surface area (TPSA) is 49.8 Å². The van der Waals surface area contributed by atoms with Crippen molar-refractivity contribution in [3.05, 3.63) is 65.2 Å². The Morgan fingerprint density at radius 2 is 2.04 bits per heavy atom. The zero-order chi connectivity index (χ0) is 17.1. The highest BCUT2D eigenvalue weighted by Crippen LogP contribution is 2.25. The third-order valence-electron chi connectivity index (χ3n) is 4.16. The molecule has 4 nitrogen and oxygen atoms in total. The average Bonchev–Trinajstić information content (AvgIpc) is 2.54. The van der Waals surface area contributed by atoms with Crippen LogP contribution in [0.2, 0.25) is 0 Å². The van der Waals surface area contributed by atoms with Crippen LogP contribution < -0.4 is 4.74 Å². The van der Waals surface area contributed by atoms with Crippen molar-refractivity contribution in [1.29, 1.82) is 0 Å². The van der Waals surface area contributed by atoms with E-state index in [1.54, 1.807) is 29.2 Å². The summed E-state index contributed by atoms with van der Waals surface area (Å²) in [5.74, 6) is -1.35. The molecule has 3 rings (SSSR count). The molecule has 0 aliphatic carbocycles. The Balaban J connectivity index is 1.68. The number of carboxylic acid groups (broad SMARTS) is 1. The Morgan fingerprint density at radius 1 is 1.25 bits per heavy atom. The molecule has 1 aliphatic heterocycles. The van der Waals surface area contributed by atoms with E-state index in [4.69, 9.17) is 4.74 Å². The lowest BCUT2D eigenvalue weighted by atomic mass is 9.93. The molecule has 1 atom stereocenters. The van der Waals surface area contributed by atoms with E-state index in [0.717, 1.165) is 5.56 Å². The molecule has 2 aromatic rings. The largest absolute Gasteiger partial charge is 0.492 e. The lowest BCUT2D eigenvalue weighted by Gasteiger charge is -2.34. The Hall–Kier alpha value is -2.47. The van der Waals surface area contributed by atoms with E-state index < -0.39 is 17.8 Å². The molecule has 0 amide bonds. The third-order valence-corrected chi connectivity index (χ3v) is 4.16. The zero-order valence-corrected chi connectivity index (χ0v) is 12.9. The van der Waals surface area contributed by atoms with E-state index >= 15 is 0 Å². The first-order chi connectivity index (χ1) is 11.5. The van der Waals surface area contributed by atoms with Gasteiger partial charge in [-0.15, -0.1) is 0 Å². The van der Waals surface area contributed by atoms with Crippen LogP contribution in [0.15, 0.2) is 42.5 Å². The van der Waals surface area contributed by atoms with Gasteiger partial charge < -0.3 is 9.84 Å². The van der Waals surface area contributed by atoms with Gasteiger partial charge in [-0.1, -0.05) is 18.2 Å². The maximum atomic E-state index is 13.9. The molecule has 1 N–H and O–H groups in total. The first-order valence-corrected chi connectivity index (χ1v) is 7.66. The summed E-state index contributed by atoms with van der Waals surface area (Å²) in [6, 6.07) is 9.75. The summed E-state index contributed by atoms with van der Waals surface area (Å²) in [6.45, 7) is 0.915. The molecule has 0 radical (unpaired) electrons. The second-order valence-corrected chi connectivity index (χ2v) is 5.71. The van der Waals surface area contributed by atoms with Gasteiger partial charge in [-0.05, 0) is 29.3 Å². The molecular formula is C18H17F2NO3. The summed E-state index contributed by atoms with van der Waals surface area (Å²) in [5.41, 5.74) is 1.26. The summed E-state index contributed by atoms with van der Waals surface area (Å²) in [4.78, 5) is 13.2. The van der Waals surface area contributed by atoms with E-state index in [0.29, 0.717) is 24.4 Å². The monoisotopic (exact) mass is 333 g/mol. The summed E-state index contributed by atoms with van der Waals surface area (Å²) >= 11 is 0. The van der Waals surface area contributed by atoms with E-state index in [-0.39, 0.29) is 18.8 Å². The first-order valence-electron chi connectivity index (χ1n) is 7.66. The van der Waals surface area contributed by atoms with Crippen LogP contribution in [0, 0.1) is 11.6 Å². The van der Waals surface area contributed by atoms with Gasteiger partial charge in [-0.25, -0.2) is 8.78 Å². The van der Waals surface area contributed by atoms with Crippen molar-refractivity contribution in [2.45, 2.75) is 19.0 Å². The average molecular weight is 333 g/mol. The number of aliphatic carboxylic acids is 1. The smallest absolute Gasteiger partial charge is 0.321 e. The van der Waals surface area contributed by atoms with Gasteiger partial charge in [-0.2, -0.15) is 0 Å². The molecule has 0 bridgehead atoms. The van der Waals surface area contributed by atoms with Gasteiger partial charge >= 0.3 is 5.97 Å². The number of rotatable bonds is 5. The number of ether oxygens (including phenoxy) is 1. The van der Waals surface area contributed by atoms with Gasteiger partial charge in [0.25, 0.3) is 0 Å². The highest BCUT2D eigenvalue weighted by Gasteiger charge is 2.32. The van der Waals surface area contributed by atoms with Gasteiger partial charge in [0, 0.05) is 25.6 Å². The van der Waals surface area contributed by atoms with Gasteiger partial charge in [0.05, 0.1) is 0 Å². The summed E-state index contributed by atoms with van der Waals surface area (Å²) in [7, 11) is 0. The SMILES string of the molecule is O=C(O)C1Cc2c(F)cccc2CN1CCOc1cccc(F)c1. The maximum absolute atomic E-state index is 13.9. The lowest BCUT2D eigenvalue weighted by Crippen LogP contribution is -2.47. The van der Waals surface area contributed by atoms with Crippen LogP contribution in [0.25, 0.3) is 0 Å². The van der Waals surface area contributed by atoms with Gasteiger partial charge in [0.2, 0.25) is 0 Å². The molecular weight excluding hydrogens is 316 g/mol. The van der Waals surface area contributed by atoms with Crippen molar-refractivity contribution >= 4 is 5.97 Å². The number of carbonyl (C=O) groups is 1. The number of halogens is 2. The van der Waals surface area contributed by atoms with Crippen molar-refractivity contribution in [3.63, 3.8) is 0 Å². The molecule has 0 saturated heterocycles. The fraction of sp³-hybridized carbons (Fsp3) is 0.278. The van der Waals surface area contributed by atoms with Gasteiger partial charge in [0.15, 0.2) is 0 Å². The minimum Gasteiger partial charge on any atom is -0.492 e. The molecule has 1 aliphatic rings. The van der Waals surface area contributed by atoms with E-state index in [9.17, 15) is 18.7 Å². The Morgan fingerprint density at radius 3 is 2.79 bits per heavy atom. The van der Waals surface area contributed by atoms with Crippen LogP contribution in [0.5, 0.6) is 5.75 Å². The first kappa shape index (κ1) is 16.4. The van der Waals surface area contributed by atoms with Crippen LogP contribution in [0.3, 0.4) is 0 Å². The Labute approximate surface area is 138 Å². The van der Waals surface area contributed by atoms with E-state index in [2.05, 4.69) is 0 Å². The number of fused-ring (bicyclic) bond motifs is 1. The van der Waals surface area contributed by atoms with Crippen LogP contribution in [0.1, 0.15) is 11.1 Å². The van der Waals surface area contributed by atoms with E-state index in [1.807, 2.05) is 0 Å². The van der Waals surface area contributed by atoms with Gasteiger partial charge in [0.1, 0.15) is 30.0 Å². The Kier molecular flexibility index (Phi) is 4.76. The van der Waals surface area contributed by atoms with E-state index in [1.165, 1.54) is 18.2 Å². The standard InChI is InChI=1S/C18H17F2NO3/c19-13-4-2-5-14(9-13)24-8-7-21-11-12-3-1-6-16(20)15(12)10-17(21)18(22)23/h1-6,9,17H,7-8,10-11H2,(H,22,23). The van der Waals surface area contributed by atoms with Crippen LogP contribution in [-0.2, 0) is 17.8 Å². The van der Waals surface area contributed by atoms with Crippen molar-refractivity contribution in [2.24, 2.45) is 0 Å². The molecule has 1 unspecified atom stereocenters. The van der Waals surface area contributed by atoms with Crippen LogP contribution in [0.4, 0.5) is 8.78 Å². The second-order valence-electron chi connectivity index (χ2n) is 5.71. The molecule has 0 saturated carbocycles. The third kappa shape index (κ3) is 3.54. The lowest BCUT2D eigenvalue weighted by molar-refractivity contribution is -0.144. The molecule has 126 valence electrons. The minimum absolute atomic E-state index is 0.122. The predicted octanol–water partition coefficient (Wildman–Crippen LogP) is 2.86. The fourth-order valence-electron chi connectivity index (χ4n) is 2.95. The van der Waals surface area contributed by atoms with Crippen molar-refractivity contribution in [2.75, 3.05) is 13.2 Å². The number of hydrogen-bond acceptors (Lipinski definition) is 3. The summed E-state index contributed by atoms with van der Waals surface area (Å²) in [5, 5.41) is 9.42. The van der Waals surface area contributed by atoms with Crippen molar-refractivity contribution < 1.29 is 23.4 Å². The minimum atomic E-state index is -0.991. The Bertz CT molecular complexity index is 751. The molecule has 2 aromatic carbocycles. The molecule has 24 heavy (non-hydrogen) atoms. The van der Waals surface area contributed by atoms with Crippen LogP contribution >= 0.6 is 0 Å². The highest BCUT2D eigenvalue weighted by atomic mass is 19.1. The molecule has 0 fully saturated rings. The number of hydrogen-bond donors (Lipinski definition) is 1. The summed E-state index contributed by atoms with van der Waals surface area (Å²) < 4.78 is 32.5. The zero-order valence-electron chi connectivity index (χ0n) is 12.9. The molecule has 1 heterocycles. The van der Waals surface area contributed by atoms with Crippen molar-refractivity contribution in [3.8, 4) is 5.75 Å². The molecule has 0 aromatic heterocycles. The molecule has 6 heteroatoms. The maximum Gasteiger partial charge on any atom is 0.321 e. The van der Waals surface area contributed by atoms with Crippen LogP contribution in [-0.4, -0.2) is 35.2 Å². The van der Waals surface area contributed by atoms with Crippen molar-refractivity contribution in [1.82, 2.24) is 4.90 Å². The number of benzene rings is 2. The molecule has 0 spiro atoms. The predicted molar refractivity (Wildman–Crippen MR) is 83.8 cm³/mol. The second kappa shape index (κ2) is 6.97. The fourth-order valence-corrected chi connectivity index (χ4v) is 2.95. The normalized spacial score (nSPS) is 17.3. The van der Waals surface area contributed by atoms with Gasteiger partial charge in [-0.3, -0.25) is 9.69 Å². The number of carboxylic acids is 1. The number of nitrogens with zero attached hydrogens (tertiary/aromatic N) is 1. The quantitative estimate of drug-likeness (QED) is 0.914.